The van der Waals surface area contributed by atoms with Crippen molar-refractivity contribution in [3.63, 3.8) is 0 Å². The third kappa shape index (κ3) is 3.48. The van der Waals surface area contributed by atoms with Crippen molar-refractivity contribution in [3.8, 4) is 5.75 Å². The van der Waals surface area contributed by atoms with Crippen LogP contribution in [0.4, 0.5) is 0 Å². The summed E-state index contributed by atoms with van der Waals surface area (Å²) in [6, 6.07) is 7.88. The molecule has 0 aromatic heterocycles. The fourth-order valence-electron chi connectivity index (χ4n) is 8.12. The van der Waals surface area contributed by atoms with E-state index >= 15 is 0 Å². The van der Waals surface area contributed by atoms with Crippen LogP contribution in [0, 0.1) is 34.5 Å². The fraction of sp³-hybridized carbons (Fsp3) is 0.621. The van der Waals surface area contributed by atoms with E-state index in [0.29, 0.717) is 17.6 Å². The van der Waals surface area contributed by atoms with Crippen molar-refractivity contribution in [3.05, 3.63) is 47.6 Å². The summed E-state index contributed by atoms with van der Waals surface area (Å²) in [5.74, 6) is 3.35. The molecular formula is C29H38O3. The van der Waals surface area contributed by atoms with Gasteiger partial charge in [0.2, 0.25) is 0 Å². The van der Waals surface area contributed by atoms with Gasteiger partial charge in [0.1, 0.15) is 5.75 Å². The highest BCUT2D eigenvalue weighted by Crippen LogP contribution is 2.66. The number of ketones is 1. The minimum absolute atomic E-state index is 0.123. The molecule has 0 spiro atoms. The summed E-state index contributed by atoms with van der Waals surface area (Å²) in [7, 11) is 1.67. The van der Waals surface area contributed by atoms with E-state index in [-0.39, 0.29) is 22.9 Å². The van der Waals surface area contributed by atoms with Crippen molar-refractivity contribution < 1.29 is 14.6 Å². The Labute approximate surface area is 192 Å². The molecule has 0 bridgehead atoms. The fourth-order valence-corrected chi connectivity index (χ4v) is 8.12. The number of aliphatic hydroxyl groups is 1. The second-order valence-corrected chi connectivity index (χ2v) is 11.3. The summed E-state index contributed by atoms with van der Waals surface area (Å²) >= 11 is 0. The average Bonchev–Trinajstić information content (AvgIpc) is 3.15. The molecule has 1 aromatic rings. The van der Waals surface area contributed by atoms with E-state index in [0.717, 1.165) is 55.8 Å². The van der Waals surface area contributed by atoms with Crippen molar-refractivity contribution in [2.75, 3.05) is 7.11 Å². The molecule has 3 fully saturated rings. The number of allylic oxidation sites excluding steroid dienone is 2. The molecule has 3 nitrogen and oxygen atoms in total. The maximum Gasteiger partial charge on any atom is 0.159 e. The Morgan fingerprint density at radius 3 is 2.59 bits per heavy atom. The highest BCUT2D eigenvalue weighted by atomic mass is 16.5. The Morgan fingerprint density at radius 1 is 1.06 bits per heavy atom. The molecule has 5 rings (SSSR count). The average molecular weight is 435 g/mol. The molecular weight excluding hydrogens is 396 g/mol. The Balaban J connectivity index is 1.33. The number of methoxy groups -OCH3 is 1. The molecule has 172 valence electrons. The van der Waals surface area contributed by atoms with Crippen LogP contribution in [0.3, 0.4) is 0 Å². The normalized spacial score (nSPS) is 40.9. The topological polar surface area (TPSA) is 46.5 Å². The molecule has 32 heavy (non-hydrogen) atoms. The van der Waals surface area contributed by atoms with Crippen LogP contribution in [-0.4, -0.2) is 24.1 Å². The monoisotopic (exact) mass is 434 g/mol. The summed E-state index contributed by atoms with van der Waals surface area (Å²) in [5.41, 5.74) is 2.95. The first-order valence-corrected chi connectivity index (χ1v) is 12.6. The second kappa shape index (κ2) is 8.17. The summed E-state index contributed by atoms with van der Waals surface area (Å²) < 4.78 is 5.23. The van der Waals surface area contributed by atoms with Crippen LogP contribution < -0.4 is 4.74 Å². The van der Waals surface area contributed by atoms with E-state index in [1.54, 1.807) is 7.11 Å². The van der Waals surface area contributed by atoms with Crippen molar-refractivity contribution >= 4 is 11.9 Å². The summed E-state index contributed by atoms with van der Waals surface area (Å²) in [4.78, 5) is 13.3. The first kappa shape index (κ1) is 21.9. The van der Waals surface area contributed by atoms with Crippen LogP contribution in [0.1, 0.15) is 70.8 Å². The molecule has 0 aliphatic heterocycles. The molecule has 3 saturated carbocycles. The first-order chi connectivity index (χ1) is 15.3. The maximum atomic E-state index is 13.3. The number of carbonyl (C=O) groups is 1. The van der Waals surface area contributed by atoms with Gasteiger partial charge in [0.15, 0.2) is 5.78 Å². The van der Waals surface area contributed by atoms with Crippen LogP contribution in [0.2, 0.25) is 0 Å². The van der Waals surface area contributed by atoms with Gasteiger partial charge in [-0.3, -0.25) is 4.79 Å². The lowest BCUT2D eigenvalue weighted by Gasteiger charge is -2.57. The van der Waals surface area contributed by atoms with Crippen LogP contribution in [0.25, 0.3) is 6.08 Å². The van der Waals surface area contributed by atoms with Gasteiger partial charge in [0.25, 0.3) is 0 Å². The second-order valence-electron chi connectivity index (χ2n) is 11.3. The van der Waals surface area contributed by atoms with Crippen LogP contribution in [0.15, 0.2) is 42.0 Å². The molecule has 7 atom stereocenters. The number of hydrogen-bond donors (Lipinski definition) is 1. The third-order valence-corrected chi connectivity index (χ3v) is 9.98. The van der Waals surface area contributed by atoms with Crippen LogP contribution >= 0.6 is 0 Å². The molecule has 1 aromatic carbocycles. The molecule has 1 N–H and O–H groups in total. The molecule has 0 saturated heterocycles. The predicted molar refractivity (Wildman–Crippen MR) is 128 cm³/mol. The van der Waals surface area contributed by atoms with Gasteiger partial charge in [0, 0.05) is 5.92 Å². The number of benzene rings is 1. The van der Waals surface area contributed by atoms with E-state index < -0.39 is 0 Å². The van der Waals surface area contributed by atoms with E-state index in [1.807, 2.05) is 36.4 Å². The van der Waals surface area contributed by atoms with E-state index in [4.69, 9.17) is 4.74 Å². The van der Waals surface area contributed by atoms with Crippen molar-refractivity contribution in [2.45, 2.75) is 71.3 Å². The largest absolute Gasteiger partial charge is 0.497 e. The lowest BCUT2D eigenvalue weighted by molar-refractivity contribution is -0.124. The number of rotatable bonds is 4. The van der Waals surface area contributed by atoms with Crippen molar-refractivity contribution in [1.82, 2.24) is 0 Å². The van der Waals surface area contributed by atoms with Gasteiger partial charge in [-0.1, -0.05) is 43.7 Å². The molecule has 4 aliphatic carbocycles. The number of hydrogen-bond acceptors (Lipinski definition) is 3. The Morgan fingerprint density at radius 2 is 1.84 bits per heavy atom. The number of ether oxygens (including phenoxy) is 1. The summed E-state index contributed by atoms with van der Waals surface area (Å²) in [6.45, 7) is 4.89. The van der Waals surface area contributed by atoms with Crippen LogP contribution in [0.5, 0.6) is 5.75 Å². The minimum atomic E-state index is -0.147. The lowest BCUT2D eigenvalue weighted by atomic mass is 9.47. The standard InChI is InChI=1S/C29H38O3/c1-28-16-14-21(30)18-20(28)7-10-23-24-11-12-26(29(24,2)17-15-25(23)28)27(31)13-6-19-4-8-22(32-3)9-5-19/h4-9,13,21,23-26,30H,10-12,14-18H2,1-3H3/b13-6+/t21-,23-,24-,25-,26+,28-,29-/m0/s1. The summed E-state index contributed by atoms with van der Waals surface area (Å²) in [5, 5.41) is 10.2. The smallest absolute Gasteiger partial charge is 0.159 e. The highest BCUT2D eigenvalue weighted by Gasteiger charge is 2.59. The molecule has 0 unspecified atom stereocenters. The third-order valence-electron chi connectivity index (χ3n) is 9.98. The number of aliphatic hydroxyl groups excluding tert-OH is 1. The zero-order valence-corrected chi connectivity index (χ0v) is 19.8. The van der Waals surface area contributed by atoms with Gasteiger partial charge in [-0.2, -0.15) is 0 Å². The van der Waals surface area contributed by atoms with E-state index in [9.17, 15) is 9.90 Å². The predicted octanol–water partition coefficient (Wildman–Crippen LogP) is 6.22. The first-order valence-electron chi connectivity index (χ1n) is 12.6. The Kier molecular flexibility index (Phi) is 5.60. The molecule has 3 heteroatoms. The van der Waals surface area contributed by atoms with Gasteiger partial charge in [-0.25, -0.2) is 0 Å². The Hall–Kier alpha value is -1.87. The zero-order chi connectivity index (χ0) is 22.5. The number of fused-ring (bicyclic) bond motifs is 5. The van der Waals surface area contributed by atoms with Crippen LogP contribution in [-0.2, 0) is 4.79 Å². The van der Waals surface area contributed by atoms with Crippen molar-refractivity contribution in [1.29, 1.82) is 0 Å². The highest BCUT2D eigenvalue weighted by molar-refractivity contribution is 5.96. The maximum absolute atomic E-state index is 13.3. The van der Waals surface area contributed by atoms with Gasteiger partial charge >= 0.3 is 0 Å². The SMILES string of the molecule is COc1ccc(/C=C/C(=O)[C@H]2CC[C@H]3[C@@H]4CC=C5C[C@@H](O)CC[C@]5(C)[C@H]4CC[C@]23C)cc1. The lowest BCUT2D eigenvalue weighted by Crippen LogP contribution is -2.50. The molecule has 0 amide bonds. The van der Waals surface area contributed by atoms with E-state index in [2.05, 4.69) is 19.9 Å². The molecule has 0 heterocycles. The minimum Gasteiger partial charge on any atom is -0.497 e. The van der Waals surface area contributed by atoms with Gasteiger partial charge in [0.05, 0.1) is 13.2 Å². The molecule has 0 radical (unpaired) electrons. The van der Waals surface area contributed by atoms with Crippen molar-refractivity contribution in [2.24, 2.45) is 34.5 Å². The molecule has 4 aliphatic rings. The quantitative estimate of drug-likeness (QED) is 0.452. The zero-order valence-electron chi connectivity index (χ0n) is 19.8. The van der Waals surface area contributed by atoms with Gasteiger partial charge in [-0.05, 0) is 104 Å². The summed E-state index contributed by atoms with van der Waals surface area (Å²) in [6.07, 6.45) is 14.8. The van der Waals surface area contributed by atoms with E-state index in [1.165, 1.54) is 18.4 Å². The van der Waals surface area contributed by atoms with Gasteiger partial charge in [-0.15, -0.1) is 0 Å². The Bertz CT molecular complexity index is 928. The van der Waals surface area contributed by atoms with Gasteiger partial charge < -0.3 is 9.84 Å². The number of carbonyl (C=O) groups excluding carboxylic acids is 1.